The van der Waals surface area contributed by atoms with Crippen molar-refractivity contribution in [3.8, 4) is 0 Å². The monoisotopic (exact) mass is 463 g/mol. The summed E-state index contributed by atoms with van der Waals surface area (Å²) in [7, 11) is 3.39. The zero-order valence-corrected chi connectivity index (χ0v) is 15.9. The minimum Gasteiger partial charge on any atom is -0.372 e. The van der Waals surface area contributed by atoms with Gasteiger partial charge in [0.15, 0.2) is 5.96 Å². The lowest BCUT2D eigenvalue weighted by Crippen LogP contribution is -2.39. The van der Waals surface area contributed by atoms with Gasteiger partial charge in [-0.05, 0) is 24.1 Å². The summed E-state index contributed by atoms with van der Waals surface area (Å²) in [6, 6.07) is 6.25. The van der Waals surface area contributed by atoms with Crippen molar-refractivity contribution >= 4 is 29.9 Å². The molecule has 0 aromatic heterocycles. The Morgan fingerprint density at radius 2 is 2.04 bits per heavy atom. The summed E-state index contributed by atoms with van der Waals surface area (Å²) in [4.78, 5) is 5.88. The third-order valence-corrected chi connectivity index (χ3v) is 2.90. The Balaban J connectivity index is 0.00000529. The fraction of sp³-hybridized carbons (Fsp3) is 0.533. The van der Waals surface area contributed by atoms with Gasteiger partial charge in [0.2, 0.25) is 0 Å². The number of nitrogens with one attached hydrogen (secondary N) is 1. The average Bonchev–Trinajstić information content (AvgIpc) is 2.45. The number of halogens is 5. The van der Waals surface area contributed by atoms with Crippen LogP contribution in [-0.2, 0) is 11.3 Å². The van der Waals surface area contributed by atoms with Gasteiger partial charge in [-0.25, -0.2) is 4.39 Å². The van der Waals surface area contributed by atoms with E-state index in [0.29, 0.717) is 25.5 Å². The Labute approximate surface area is 156 Å². The van der Waals surface area contributed by atoms with Crippen molar-refractivity contribution in [2.24, 2.45) is 4.99 Å². The van der Waals surface area contributed by atoms with Crippen LogP contribution in [0.15, 0.2) is 29.3 Å². The Morgan fingerprint density at radius 3 is 2.62 bits per heavy atom. The largest absolute Gasteiger partial charge is 0.411 e. The van der Waals surface area contributed by atoms with Gasteiger partial charge in [-0.3, -0.25) is 4.99 Å². The topological polar surface area (TPSA) is 36.9 Å². The highest BCUT2D eigenvalue weighted by Crippen LogP contribution is 2.14. The first kappa shape index (κ1) is 22.9. The molecule has 0 saturated carbocycles. The van der Waals surface area contributed by atoms with Gasteiger partial charge >= 0.3 is 6.18 Å². The Kier molecular flexibility index (Phi) is 10.9. The van der Waals surface area contributed by atoms with E-state index in [0.717, 1.165) is 5.56 Å². The molecule has 0 fully saturated rings. The van der Waals surface area contributed by atoms with Crippen molar-refractivity contribution < 1.29 is 22.3 Å². The molecule has 0 aliphatic heterocycles. The van der Waals surface area contributed by atoms with E-state index in [4.69, 9.17) is 0 Å². The molecule has 1 rings (SSSR count). The molecule has 9 heteroatoms. The minimum atomic E-state index is -4.30. The normalized spacial score (nSPS) is 11.8. The lowest BCUT2D eigenvalue weighted by atomic mass is 10.2. The fourth-order valence-electron chi connectivity index (χ4n) is 1.93. The van der Waals surface area contributed by atoms with Gasteiger partial charge < -0.3 is 15.0 Å². The third-order valence-electron chi connectivity index (χ3n) is 2.90. The summed E-state index contributed by atoms with van der Waals surface area (Å²) in [5.74, 6) is 0.269. The second-order valence-electron chi connectivity index (χ2n) is 4.98. The number of alkyl halides is 3. The highest BCUT2D eigenvalue weighted by molar-refractivity contribution is 14.0. The van der Waals surface area contributed by atoms with E-state index in [-0.39, 0.29) is 36.4 Å². The smallest absolute Gasteiger partial charge is 0.372 e. The Bertz CT molecular complexity index is 512. The number of benzene rings is 1. The minimum absolute atomic E-state index is 0. The first-order chi connectivity index (χ1) is 10.8. The molecule has 0 bridgehead atoms. The quantitative estimate of drug-likeness (QED) is 0.222. The maximum atomic E-state index is 13.1. The molecule has 0 aliphatic rings. The van der Waals surface area contributed by atoms with Crippen molar-refractivity contribution in [1.29, 1.82) is 0 Å². The van der Waals surface area contributed by atoms with Crippen molar-refractivity contribution in [1.82, 2.24) is 10.2 Å². The number of nitrogens with zero attached hydrogens (tertiary/aromatic N) is 2. The van der Waals surface area contributed by atoms with Crippen LogP contribution in [0.25, 0.3) is 0 Å². The number of ether oxygens (including phenoxy) is 1. The van der Waals surface area contributed by atoms with E-state index in [9.17, 15) is 17.6 Å². The Hall–Kier alpha value is -1.10. The number of rotatable bonds is 7. The summed E-state index contributed by atoms with van der Waals surface area (Å²) < 4.78 is 53.4. The predicted octanol–water partition coefficient (Wildman–Crippen LogP) is 3.42. The molecule has 138 valence electrons. The summed E-state index contributed by atoms with van der Waals surface area (Å²) in [5, 5.41) is 3.02. The molecule has 0 aliphatic carbocycles. The molecule has 0 amide bonds. The van der Waals surface area contributed by atoms with E-state index in [2.05, 4.69) is 15.0 Å². The molecule has 0 heterocycles. The molecule has 0 saturated heterocycles. The fourth-order valence-corrected chi connectivity index (χ4v) is 1.93. The van der Waals surface area contributed by atoms with E-state index in [1.807, 2.05) is 0 Å². The molecular formula is C15H22F4IN3O. The van der Waals surface area contributed by atoms with Gasteiger partial charge in [-0.2, -0.15) is 13.2 Å². The van der Waals surface area contributed by atoms with Crippen LogP contribution < -0.4 is 5.32 Å². The number of aliphatic imine (C=N–C) groups is 1. The SMILES string of the molecule is CN=C(NCCCOCC(F)(F)F)N(C)Cc1cccc(F)c1.I. The predicted molar refractivity (Wildman–Crippen MR) is 96.1 cm³/mol. The van der Waals surface area contributed by atoms with Gasteiger partial charge in [0.25, 0.3) is 0 Å². The molecule has 24 heavy (non-hydrogen) atoms. The van der Waals surface area contributed by atoms with Crippen molar-refractivity contribution in [2.75, 3.05) is 33.9 Å². The average molecular weight is 463 g/mol. The molecule has 0 spiro atoms. The number of guanidine groups is 1. The van der Waals surface area contributed by atoms with E-state index < -0.39 is 12.8 Å². The standard InChI is InChI=1S/C15H21F4N3O.HI/c1-20-14(21-7-4-8-23-11-15(17,18)19)22(2)10-12-5-3-6-13(16)9-12;/h3,5-6,9H,4,7-8,10-11H2,1-2H3,(H,20,21);1H. The van der Waals surface area contributed by atoms with Crippen LogP contribution in [-0.4, -0.2) is 50.9 Å². The molecule has 1 aromatic carbocycles. The van der Waals surface area contributed by atoms with Crippen LogP contribution in [0.4, 0.5) is 17.6 Å². The van der Waals surface area contributed by atoms with Gasteiger partial charge in [0.05, 0.1) is 0 Å². The molecule has 1 N–H and O–H groups in total. The third kappa shape index (κ3) is 9.91. The van der Waals surface area contributed by atoms with Gasteiger partial charge in [0.1, 0.15) is 12.4 Å². The number of hydrogen-bond acceptors (Lipinski definition) is 2. The molecule has 1 aromatic rings. The molecule has 0 radical (unpaired) electrons. The summed E-state index contributed by atoms with van der Waals surface area (Å²) in [6.07, 6.45) is -3.88. The maximum absolute atomic E-state index is 13.1. The highest BCUT2D eigenvalue weighted by Gasteiger charge is 2.27. The Morgan fingerprint density at radius 1 is 1.33 bits per heavy atom. The van der Waals surface area contributed by atoms with Crippen LogP contribution in [0.5, 0.6) is 0 Å². The first-order valence-electron chi connectivity index (χ1n) is 7.12. The first-order valence-corrected chi connectivity index (χ1v) is 7.12. The summed E-state index contributed by atoms with van der Waals surface area (Å²) >= 11 is 0. The lowest BCUT2D eigenvalue weighted by Gasteiger charge is -2.22. The maximum Gasteiger partial charge on any atom is 0.411 e. The second kappa shape index (κ2) is 11.5. The summed E-state index contributed by atoms with van der Waals surface area (Å²) in [6.45, 7) is -0.335. The van der Waals surface area contributed by atoms with Crippen molar-refractivity contribution in [2.45, 2.75) is 19.1 Å². The van der Waals surface area contributed by atoms with Crippen LogP contribution >= 0.6 is 24.0 Å². The highest BCUT2D eigenvalue weighted by atomic mass is 127. The van der Waals surface area contributed by atoms with Gasteiger partial charge in [-0.15, -0.1) is 24.0 Å². The molecule has 4 nitrogen and oxygen atoms in total. The second-order valence-corrected chi connectivity index (χ2v) is 4.98. The van der Waals surface area contributed by atoms with Crippen LogP contribution in [0, 0.1) is 5.82 Å². The van der Waals surface area contributed by atoms with E-state index in [1.54, 1.807) is 31.1 Å². The van der Waals surface area contributed by atoms with Crippen LogP contribution in [0.1, 0.15) is 12.0 Å². The molecule has 0 unspecified atom stereocenters. The molecule has 0 atom stereocenters. The zero-order valence-electron chi connectivity index (χ0n) is 13.6. The van der Waals surface area contributed by atoms with E-state index in [1.165, 1.54) is 12.1 Å². The summed E-state index contributed by atoms with van der Waals surface area (Å²) in [5.41, 5.74) is 0.795. The van der Waals surface area contributed by atoms with Crippen molar-refractivity contribution in [3.63, 3.8) is 0 Å². The van der Waals surface area contributed by atoms with Crippen molar-refractivity contribution in [3.05, 3.63) is 35.6 Å². The number of hydrogen-bond donors (Lipinski definition) is 1. The van der Waals surface area contributed by atoms with E-state index >= 15 is 0 Å². The molecular weight excluding hydrogens is 441 g/mol. The van der Waals surface area contributed by atoms with Gasteiger partial charge in [0, 0.05) is 33.8 Å². The lowest BCUT2D eigenvalue weighted by molar-refractivity contribution is -0.173. The zero-order chi connectivity index (χ0) is 17.3. The van der Waals surface area contributed by atoms with Gasteiger partial charge in [-0.1, -0.05) is 12.1 Å². The van der Waals surface area contributed by atoms with Crippen LogP contribution in [0.3, 0.4) is 0 Å². The van der Waals surface area contributed by atoms with Crippen LogP contribution in [0.2, 0.25) is 0 Å².